The molecule has 3 fully saturated rings. The summed E-state index contributed by atoms with van der Waals surface area (Å²) in [7, 11) is 1.75. The number of ether oxygens (including phenoxy) is 1. The molecule has 0 radical (unpaired) electrons. The van der Waals surface area contributed by atoms with Gasteiger partial charge in [-0.3, -0.25) is 4.79 Å². The zero-order valence-electron chi connectivity index (χ0n) is 13.9. The highest BCUT2D eigenvalue weighted by Crippen LogP contribution is 2.44. The molecule has 1 saturated carbocycles. The predicted octanol–water partition coefficient (Wildman–Crippen LogP) is 0.993. The second kappa shape index (κ2) is 7.28. The largest absolute Gasteiger partial charge is 0.383 e. The van der Waals surface area contributed by atoms with E-state index in [1.165, 1.54) is 19.3 Å². The van der Waals surface area contributed by atoms with Gasteiger partial charge in [0, 0.05) is 39.3 Å². The number of methoxy groups -OCH3 is 1. The Morgan fingerprint density at radius 1 is 1.32 bits per heavy atom. The van der Waals surface area contributed by atoms with Crippen molar-refractivity contribution in [1.29, 1.82) is 0 Å². The van der Waals surface area contributed by atoms with Crippen molar-refractivity contribution in [2.24, 2.45) is 11.3 Å². The first-order valence-corrected chi connectivity index (χ1v) is 8.97. The molecule has 3 rings (SSSR count). The SMILES string of the molecule is COCCN1CCC(NC(=O)[C@@]23CCCC[C@H]2CNC3)CC1. The van der Waals surface area contributed by atoms with Crippen molar-refractivity contribution in [3.8, 4) is 0 Å². The topological polar surface area (TPSA) is 53.6 Å². The van der Waals surface area contributed by atoms with Crippen molar-refractivity contribution in [2.45, 2.75) is 44.6 Å². The third kappa shape index (κ3) is 3.31. The van der Waals surface area contributed by atoms with Crippen molar-refractivity contribution < 1.29 is 9.53 Å². The number of amides is 1. The van der Waals surface area contributed by atoms with Gasteiger partial charge in [0.05, 0.1) is 12.0 Å². The molecule has 0 unspecified atom stereocenters. The Morgan fingerprint density at radius 3 is 2.91 bits per heavy atom. The fourth-order valence-corrected chi connectivity index (χ4v) is 4.54. The van der Waals surface area contributed by atoms with Crippen LogP contribution in [0, 0.1) is 11.3 Å². The highest BCUT2D eigenvalue weighted by Gasteiger charge is 2.50. The molecule has 0 aromatic rings. The zero-order valence-corrected chi connectivity index (χ0v) is 13.9. The zero-order chi connectivity index (χ0) is 15.4. The van der Waals surface area contributed by atoms with E-state index in [0.29, 0.717) is 17.9 Å². The molecule has 5 nitrogen and oxygen atoms in total. The fraction of sp³-hybridized carbons (Fsp3) is 0.941. The summed E-state index contributed by atoms with van der Waals surface area (Å²) < 4.78 is 5.14. The predicted molar refractivity (Wildman–Crippen MR) is 86.7 cm³/mol. The number of nitrogens with zero attached hydrogens (tertiary/aromatic N) is 1. The van der Waals surface area contributed by atoms with Crippen LogP contribution in [0.5, 0.6) is 0 Å². The Bertz CT molecular complexity index is 382. The molecule has 1 amide bonds. The lowest BCUT2D eigenvalue weighted by atomic mass is 9.67. The van der Waals surface area contributed by atoms with Crippen molar-refractivity contribution >= 4 is 5.91 Å². The molecule has 2 N–H and O–H groups in total. The van der Waals surface area contributed by atoms with Gasteiger partial charge in [-0.2, -0.15) is 0 Å². The summed E-state index contributed by atoms with van der Waals surface area (Å²) in [6.45, 7) is 5.87. The molecule has 0 bridgehead atoms. The summed E-state index contributed by atoms with van der Waals surface area (Å²) in [5.41, 5.74) is -0.106. The summed E-state index contributed by atoms with van der Waals surface area (Å²) in [5, 5.41) is 6.86. The Labute approximate surface area is 134 Å². The Hall–Kier alpha value is -0.650. The van der Waals surface area contributed by atoms with Gasteiger partial charge >= 0.3 is 0 Å². The van der Waals surface area contributed by atoms with Crippen LogP contribution in [-0.2, 0) is 9.53 Å². The van der Waals surface area contributed by atoms with Crippen molar-refractivity contribution in [1.82, 2.24) is 15.5 Å². The molecule has 5 heteroatoms. The first-order chi connectivity index (χ1) is 10.7. The summed E-state index contributed by atoms with van der Waals surface area (Å²) in [4.78, 5) is 15.4. The van der Waals surface area contributed by atoms with Crippen LogP contribution in [0.1, 0.15) is 38.5 Å². The van der Waals surface area contributed by atoms with Crippen LogP contribution in [0.2, 0.25) is 0 Å². The fourth-order valence-electron chi connectivity index (χ4n) is 4.54. The molecule has 0 spiro atoms. The van der Waals surface area contributed by atoms with E-state index in [1.807, 2.05) is 0 Å². The van der Waals surface area contributed by atoms with Gasteiger partial charge in [0.15, 0.2) is 0 Å². The molecule has 2 saturated heterocycles. The van der Waals surface area contributed by atoms with Crippen LogP contribution in [-0.4, -0.2) is 63.3 Å². The van der Waals surface area contributed by atoms with Gasteiger partial charge in [-0.25, -0.2) is 0 Å². The summed E-state index contributed by atoms with van der Waals surface area (Å²) in [6.07, 6.45) is 6.94. The molecular weight excluding hydrogens is 278 g/mol. The highest BCUT2D eigenvalue weighted by atomic mass is 16.5. The minimum absolute atomic E-state index is 0.106. The molecule has 126 valence electrons. The van der Waals surface area contributed by atoms with E-state index in [9.17, 15) is 4.79 Å². The van der Waals surface area contributed by atoms with Crippen molar-refractivity contribution in [2.75, 3.05) is 46.4 Å². The lowest BCUT2D eigenvalue weighted by molar-refractivity contribution is -0.135. The van der Waals surface area contributed by atoms with Crippen LogP contribution in [0.3, 0.4) is 0 Å². The molecule has 2 aliphatic heterocycles. The molecule has 1 aliphatic carbocycles. The molecule has 0 aromatic carbocycles. The van der Waals surface area contributed by atoms with E-state index in [0.717, 1.165) is 58.6 Å². The van der Waals surface area contributed by atoms with E-state index in [2.05, 4.69) is 15.5 Å². The van der Waals surface area contributed by atoms with E-state index < -0.39 is 0 Å². The van der Waals surface area contributed by atoms with Gasteiger partial charge in [-0.1, -0.05) is 12.8 Å². The molecule has 2 atom stereocenters. The molecule has 0 aromatic heterocycles. The highest BCUT2D eigenvalue weighted by molar-refractivity contribution is 5.84. The van der Waals surface area contributed by atoms with Crippen LogP contribution in [0.15, 0.2) is 0 Å². The number of carbonyl (C=O) groups excluding carboxylic acids is 1. The van der Waals surface area contributed by atoms with E-state index >= 15 is 0 Å². The number of piperidine rings is 1. The van der Waals surface area contributed by atoms with Gasteiger partial charge in [-0.15, -0.1) is 0 Å². The number of nitrogens with one attached hydrogen (secondary N) is 2. The molecule has 3 aliphatic rings. The quantitative estimate of drug-likeness (QED) is 0.795. The van der Waals surface area contributed by atoms with E-state index in [4.69, 9.17) is 4.74 Å². The van der Waals surface area contributed by atoms with Crippen LogP contribution >= 0.6 is 0 Å². The van der Waals surface area contributed by atoms with E-state index in [-0.39, 0.29) is 5.41 Å². The lowest BCUT2D eigenvalue weighted by Gasteiger charge is -2.39. The molecule has 22 heavy (non-hydrogen) atoms. The van der Waals surface area contributed by atoms with Crippen molar-refractivity contribution in [3.63, 3.8) is 0 Å². The first-order valence-electron chi connectivity index (χ1n) is 8.97. The minimum Gasteiger partial charge on any atom is -0.383 e. The smallest absolute Gasteiger partial charge is 0.228 e. The minimum atomic E-state index is -0.106. The number of hydrogen-bond acceptors (Lipinski definition) is 4. The third-order valence-electron chi connectivity index (χ3n) is 6.02. The average molecular weight is 309 g/mol. The summed E-state index contributed by atoms with van der Waals surface area (Å²) >= 11 is 0. The lowest BCUT2D eigenvalue weighted by Crippen LogP contribution is -2.53. The van der Waals surface area contributed by atoms with Crippen LogP contribution in [0.4, 0.5) is 0 Å². The number of fused-ring (bicyclic) bond motifs is 1. The first kappa shape index (κ1) is 16.2. The standard InChI is InChI=1S/C17H31N3O2/c1-22-11-10-20-8-5-15(6-9-20)19-16(21)17-7-3-2-4-14(17)12-18-13-17/h14-15,18H,2-13H2,1H3,(H,19,21)/t14-,17+/m0/s1. The normalized spacial score (nSPS) is 33.6. The Balaban J connectivity index is 1.50. The average Bonchev–Trinajstić information content (AvgIpc) is 2.99. The second-order valence-electron chi connectivity index (χ2n) is 7.31. The van der Waals surface area contributed by atoms with Crippen LogP contribution in [0.25, 0.3) is 0 Å². The van der Waals surface area contributed by atoms with E-state index in [1.54, 1.807) is 7.11 Å². The summed E-state index contributed by atoms with van der Waals surface area (Å²) in [6, 6.07) is 0.365. The maximum absolute atomic E-state index is 12.9. The number of likely N-dealkylation sites (tertiary alicyclic amines) is 1. The number of hydrogen-bond donors (Lipinski definition) is 2. The van der Waals surface area contributed by atoms with Gasteiger partial charge in [0.1, 0.15) is 0 Å². The maximum Gasteiger partial charge on any atom is 0.228 e. The molecular formula is C17H31N3O2. The van der Waals surface area contributed by atoms with Crippen LogP contribution < -0.4 is 10.6 Å². The Kier molecular flexibility index (Phi) is 5.37. The monoisotopic (exact) mass is 309 g/mol. The Morgan fingerprint density at radius 2 is 2.14 bits per heavy atom. The third-order valence-corrected chi connectivity index (χ3v) is 6.02. The second-order valence-corrected chi connectivity index (χ2v) is 7.31. The van der Waals surface area contributed by atoms with Gasteiger partial charge in [-0.05, 0) is 38.1 Å². The number of carbonyl (C=O) groups is 1. The summed E-state index contributed by atoms with van der Waals surface area (Å²) in [5.74, 6) is 0.889. The van der Waals surface area contributed by atoms with Gasteiger partial charge in [0.25, 0.3) is 0 Å². The number of rotatable bonds is 5. The molecule has 2 heterocycles. The van der Waals surface area contributed by atoms with Gasteiger partial charge < -0.3 is 20.3 Å². The van der Waals surface area contributed by atoms with Gasteiger partial charge in [0.2, 0.25) is 5.91 Å². The maximum atomic E-state index is 12.9. The van der Waals surface area contributed by atoms with Crippen molar-refractivity contribution in [3.05, 3.63) is 0 Å².